The average molecular weight is 279 g/mol. The molecule has 2 heterocycles. The molecule has 0 amide bonds. The van der Waals surface area contributed by atoms with Gasteiger partial charge in [0.05, 0.1) is 31.0 Å². The summed E-state index contributed by atoms with van der Waals surface area (Å²) in [6.07, 6.45) is 0. The number of hydrogen-bond donors (Lipinski definition) is 0. The fraction of sp³-hybridized carbons (Fsp3) is 0.118. The normalized spacial score (nSPS) is 12.4. The zero-order chi connectivity index (χ0) is 14.6. The lowest BCUT2D eigenvalue weighted by Crippen LogP contribution is -2.21. The van der Waals surface area contributed by atoms with Crippen molar-refractivity contribution in [1.82, 2.24) is 4.57 Å². The standard InChI is InChI=1S/C17H13NO3/c1-20-10-7-8-14(21-2)12(9-10)16-15-11-5-3-4-6-13(11)18(16)17(15)19/h3-9H,1-2H3. The lowest BCUT2D eigenvalue weighted by atomic mass is 10.00. The van der Waals surface area contributed by atoms with Gasteiger partial charge in [0.1, 0.15) is 11.5 Å². The number of ether oxygens (including phenoxy) is 2. The smallest absolute Gasteiger partial charge is 0.265 e. The molecule has 21 heavy (non-hydrogen) atoms. The van der Waals surface area contributed by atoms with Crippen LogP contribution < -0.4 is 9.47 Å². The molecule has 0 fully saturated rings. The van der Waals surface area contributed by atoms with Crippen molar-refractivity contribution in [3.63, 3.8) is 0 Å². The largest absolute Gasteiger partial charge is 0.497 e. The van der Waals surface area contributed by atoms with Crippen LogP contribution in [-0.4, -0.2) is 24.7 Å². The Kier molecular flexibility index (Phi) is 2.36. The van der Waals surface area contributed by atoms with Crippen molar-refractivity contribution in [2.24, 2.45) is 0 Å². The summed E-state index contributed by atoms with van der Waals surface area (Å²) in [4.78, 5) is 12.2. The molecule has 0 N–H and O–H groups in total. The predicted molar refractivity (Wildman–Crippen MR) is 80.2 cm³/mol. The molecule has 0 radical (unpaired) electrons. The highest BCUT2D eigenvalue weighted by atomic mass is 16.5. The number of methoxy groups -OCH3 is 2. The Balaban J connectivity index is 2.04. The summed E-state index contributed by atoms with van der Waals surface area (Å²) in [5.74, 6) is 1.52. The zero-order valence-electron chi connectivity index (χ0n) is 11.7. The number of nitrogens with zero attached hydrogens (tertiary/aromatic N) is 1. The first-order valence-corrected chi connectivity index (χ1v) is 6.67. The Bertz CT molecular complexity index is 849. The molecule has 4 nitrogen and oxygen atoms in total. The van der Waals surface area contributed by atoms with Crippen molar-refractivity contribution in [2.45, 2.75) is 0 Å². The molecular weight excluding hydrogens is 266 g/mol. The third-order valence-corrected chi connectivity index (χ3v) is 3.95. The van der Waals surface area contributed by atoms with E-state index in [0.717, 1.165) is 39.2 Å². The van der Waals surface area contributed by atoms with E-state index < -0.39 is 0 Å². The van der Waals surface area contributed by atoms with Crippen molar-refractivity contribution >= 4 is 16.8 Å². The minimum absolute atomic E-state index is 0.0519. The highest BCUT2D eigenvalue weighted by molar-refractivity contribution is 6.26. The van der Waals surface area contributed by atoms with Crippen LogP contribution in [0.2, 0.25) is 0 Å². The molecule has 104 valence electrons. The van der Waals surface area contributed by atoms with Crippen LogP contribution in [0.4, 0.5) is 0 Å². The Morgan fingerprint density at radius 2 is 1.81 bits per heavy atom. The third-order valence-electron chi connectivity index (χ3n) is 3.95. The monoisotopic (exact) mass is 279 g/mol. The molecule has 0 saturated carbocycles. The third kappa shape index (κ3) is 1.41. The lowest BCUT2D eigenvalue weighted by molar-refractivity contribution is 0.0951. The van der Waals surface area contributed by atoms with E-state index in [9.17, 15) is 4.79 Å². The van der Waals surface area contributed by atoms with Gasteiger partial charge in [-0.2, -0.15) is 0 Å². The second kappa shape index (κ2) is 4.12. The predicted octanol–water partition coefficient (Wildman–Crippen LogP) is 3.33. The first kappa shape index (κ1) is 12.0. The minimum atomic E-state index is 0.0519. The van der Waals surface area contributed by atoms with Crippen LogP contribution >= 0.6 is 0 Å². The SMILES string of the molecule is COc1ccc(OC)c(-c2c3c4ccccc4n2C3=O)c1. The van der Waals surface area contributed by atoms with Gasteiger partial charge in [0.2, 0.25) is 0 Å². The van der Waals surface area contributed by atoms with Gasteiger partial charge in [-0.1, -0.05) is 18.2 Å². The molecule has 4 rings (SSSR count). The maximum atomic E-state index is 12.2. The van der Waals surface area contributed by atoms with Crippen molar-refractivity contribution in [2.75, 3.05) is 14.2 Å². The first-order chi connectivity index (χ1) is 10.3. The number of hydrogen-bond acceptors (Lipinski definition) is 3. The minimum Gasteiger partial charge on any atom is -0.497 e. The van der Waals surface area contributed by atoms with Crippen LogP contribution in [0.5, 0.6) is 11.5 Å². The van der Waals surface area contributed by atoms with E-state index in [1.54, 1.807) is 18.8 Å². The molecule has 1 aromatic heterocycles. The van der Waals surface area contributed by atoms with Gasteiger partial charge < -0.3 is 9.47 Å². The molecular formula is C17H13NO3. The van der Waals surface area contributed by atoms with E-state index in [0.29, 0.717) is 0 Å². The Morgan fingerprint density at radius 1 is 1.00 bits per heavy atom. The summed E-state index contributed by atoms with van der Waals surface area (Å²) in [5.41, 5.74) is 3.48. The molecule has 1 aliphatic rings. The van der Waals surface area contributed by atoms with Gasteiger partial charge in [0.25, 0.3) is 5.91 Å². The van der Waals surface area contributed by atoms with Crippen LogP contribution in [-0.2, 0) is 0 Å². The molecule has 4 heteroatoms. The molecule has 1 aliphatic heterocycles. The Hall–Kier alpha value is -2.75. The molecule has 0 atom stereocenters. The maximum absolute atomic E-state index is 12.2. The number of carbonyl (C=O) groups excluding carboxylic acids is 1. The van der Waals surface area contributed by atoms with Gasteiger partial charge in [-0.05, 0) is 24.3 Å². The number of fused-ring (bicyclic) bond motifs is 5. The molecule has 0 aliphatic carbocycles. The van der Waals surface area contributed by atoms with Crippen LogP contribution in [0.15, 0.2) is 42.5 Å². The highest BCUT2D eigenvalue weighted by Gasteiger charge is 2.37. The Morgan fingerprint density at radius 3 is 2.52 bits per heavy atom. The summed E-state index contributed by atoms with van der Waals surface area (Å²) in [5, 5.41) is 0.988. The summed E-state index contributed by atoms with van der Waals surface area (Å²) in [6, 6.07) is 13.4. The summed E-state index contributed by atoms with van der Waals surface area (Å²) < 4.78 is 12.5. The van der Waals surface area contributed by atoms with E-state index in [2.05, 4.69) is 0 Å². The van der Waals surface area contributed by atoms with Crippen molar-refractivity contribution < 1.29 is 14.3 Å². The molecule has 0 unspecified atom stereocenters. The van der Waals surface area contributed by atoms with E-state index in [-0.39, 0.29) is 5.91 Å². The van der Waals surface area contributed by atoms with Crippen LogP contribution in [0, 0.1) is 0 Å². The number of aromatic nitrogens is 1. The van der Waals surface area contributed by atoms with Gasteiger partial charge in [-0.15, -0.1) is 0 Å². The van der Waals surface area contributed by atoms with Crippen LogP contribution in [0.3, 0.4) is 0 Å². The zero-order valence-corrected chi connectivity index (χ0v) is 11.7. The second-order valence-corrected chi connectivity index (χ2v) is 4.95. The van der Waals surface area contributed by atoms with Gasteiger partial charge >= 0.3 is 0 Å². The fourth-order valence-electron chi connectivity index (χ4n) is 2.98. The van der Waals surface area contributed by atoms with E-state index in [4.69, 9.17) is 9.47 Å². The first-order valence-electron chi connectivity index (χ1n) is 6.67. The molecule has 0 saturated heterocycles. The van der Waals surface area contributed by atoms with Gasteiger partial charge in [0, 0.05) is 10.9 Å². The molecule has 2 aromatic carbocycles. The fourth-order valence-corrected chi connectivity index (χ4v) is 2.98. The van der Waals surface area contributed by atoms with E-state index >= 15 is 0 Å². The number of benzene rings is 2. The van der Waals surface area contributed by atoms with Gasteiger partial charge in [-0.25, -0.2) is 0 Å². The quantitative estimate of drug-likeness (QED) is 0.577. The van der Waals surface area contributed by atoms with E-state index in [1.165, 1.54) is 0 Å². The Labute approximate surface area is 121 Å². The highest BCUT2D eigenvalue weighted by Crippen LogP contribution is 2.45. The molecule has 0 spiro atoms. The summed E-state index contributed by atoms with van der Waals surface area (Å²) in [7, 11) is 3.25. The lowest BCUT2D eigenvalue weighted by Gasteiger charge is -2.20. The van der Waals surface area contributed by atoms with Crippen molar-refractivity contribution in [1.29, 1.82) is 0 Å². The van der Waals surface area contributed by atoms with Gasteiger partial charge in [-0.3, -0.25) is 9.36 Å². The molecule has 2 bridgehead atoms. The number of para-hydroxylation sites is 1. The van der Waals surface area contributed by atoms with E-state index in [1.807, 2.05) is 42.5 Å². The number of carbonyl (C=O) groups is 1. The summed E-state index contributed by atoms with van der Waals surface area (Å²) in [6.45, 7) is 0. The topological polar surface area (TPSA) is 40.5 Å². The second-order valence-electron chi connectivity index (χ2n) is 4.95. The molecule has 3 aromatic rings. The average Bonchev–Trinajstić information content (AvgIpc) is 3.03. The maximum Gasteiger partial charge on any atom is 0.265 e. The van der Waals surface area contributed by atoms with Crippen molar-refractivity contribution in [3.05, 3.63) is 48.0 Å². The van der Waals surface area contributed by atoms with Crippen molar-refractivity contribution in [3.8, 4) is 22.8 Å². The number of rotatable bonds is 3. The van der Waals surface area contributed by atoms with Gasteiger partial charge in [0.15, 0.2) is 0 Å². The van der Waals surface area contributed by atoms with Crippen LogP contribution in [0.1, 0.15) is 10.4 Å². The summed E-state index contributed by atoms with van der Waals surface area (Å²) >= 11 is 0. The van der Waals surface area contributed by atoms with Crippen LogP contribution in [0.25, 0.3) is 22.2 Å².